The van der Waals surface area contributed by atoms with Gasteiger partial charge in [0, 0.05) is 19.1 Å². The van der Waals surface area contributed by atoms with E-state index in [9.17, 15) is 0 Å². The zero-order valence-electron chi connectivity index (χ0n) is 11.5. The predicted molar refractivity (Wildman–Crippen MR) is 77.0 cm³/mol. The van der Waals surface area contributed by atoms with Crippen molar-refractivity contribution in [2.75, 3.05) is 32.1 Å². The zero-order valence-corrected chi connectivity index (χ0v) is 12.3. The summed E-state index contributed by atoms with van der Waals surface area (Å²) < 4.78 is 5.64. The molecular weight excluding hydrogens is 264 g/mol. The van der Waals surface area contributed by atoms with Gasteiger partial charge in [-0.2, -0.15) is 4.98 Å². The number of likely N-dealkylation sites (N-methyl/N-ethyl adjacent to an activating group) is 1. The number of nitrogens with zero attached hydrogens (tertiary/aromatic N) is 3. The normalized spacial score (nSPS) is 14.7. The van der Waals surface area contributed by atoms with Gasteiger partial charge >= 0.3 is 0 Å². The quantitative estimate of drug-likeness (QED) is 0.794. The number of rotatable bonds is 8. The Labute approximate surface area is 119 Å². The molecule has 0 unspecified atom stereocenters. The molecule has 1 aliphatic rings. The summed E-state index contributed by atoms with van der Waals surface area (Å²) in [6, 6.07) is 0.742. The van der Waals surface area contributed by atoms with Crippen LogP contribution in [0, 0.1) is 0 Å². The van der Waals surface area contributed by atoms with Crippen molar-refractivity contribution in [3.8, 4) is 5.88 Å². The number of hydrogen-bond donors (Lipinski definition) is 1. The van der Waals surface area contributed by atoms with Crippen molar-refractivity contribution >= 4 is 17.5 Å². The maximum Gasteiger partial charge on any atom is 0.237 e. The molecule has 0 saturated heterocycles. The number of hydrogen-bond acceptors (Lipinski definition) is 5. The number of ether oxygens (including phenoxy) is 1. The van der Waals surface area contributed by atoms with Gasteiger partial charge in [-0.05, 0) is 26.3 Å². The SMILES string of the molecule is CCCNc1ncc(Cl)c(OCCN(C)C2CC2)n1. The van der Waals surface area contributed by atoms with Crippen molar-refractivity contribution in [1.82, 2.24) is 14.9 Å². The molecule has 0 atom stereocenters. The zero-order chi connectivity index (χ0) is 13.7. The summed E-state index contributed by atoms with van der Waals surface area (Å²) in [6.45, 7) is 4.42. The van der Waals surface area contributed by atoms with Gasteiger partial charge in [-0.1, -0.05) is 18.5 Å². The molecule has 1 aliphatic carbocycles. The van der Waals surface area contributed by atoms with Crippen LogP contribution in [0.3, 0.4) is 0 Å². The van der Waals surface area contributed by atoms with Crippen LogP contribution in [0.4, 0.5) is 5.95 Å². The molecule has 0 aliphatic heterocycles. The van der Waals surface area contributed by atoms with Gasteiger partial charge in [-0.25, -0.2) is 4.98 Å². The lowest BCUT2D eigenvalue weighted by atomic mass is 10.5. The van der Waals surface area contributed by atoms with Crippen molar-refractivity contribution in [1.29, 1.82) is 0 Å². The van der Waals surface area contributed by atoms with Crippen LogP contribution in [0.25, 0.3) is 0 Å². The molecule has 0 aromatic carbocycles. The molecule has 5 nitrogen and oxygen atoms in total. The second-order valence-electron chi connectivity index (χ2n) is 4.83. The summed E-state index contributed by atoms with van der Waals surface area (Å²) in [5, 5.41) is 3.57. The average molecular weight is 285 g/mol. The van der Waals surface area contributed by atoms with Crippen LogP contribution in [0.15, 0.2) is 6.20 Å². The standard InChI is InChI=1S/C13H21ClN4O/c1-3-6-15-13-16-9-11(14)12(17-13)19-8-7-18(2)10-4-5-10/h9-10H,3-8H2,1-2H3,(H,15,16,17). The van der Waals surface area contributed by atoms with E-state index in [1.165, 1.54) is 12.8 Å². The van der Waals surface area contributed by atoms with Crippen LogP contribution in [-0.4, -0.2) is 47.7 Å². The smallest absolute Gasteiger partial charge is 0.237 e. The molecule has 1 aromatic heterocycles. The fourth-order valence-corrected chi connectivity index (χ4v) is 1.90. The third-order valence-corrected chi connectivity index (χ3v) is 3.36. The lowest BCUT2D eigenvalue weighted by Gasteiger charge is -2.16. The lowest BCUT2D eigenvalue weighted by molar-refractivity contribution is 0.226. The highest BCUT2D eigenvalue weighted by atomic mass is 35.5. The Hall–Kier alpha value is -1.07. The van der Waals surface area contributed by atoms with Gasteiger partial charge in [0.25, 0.3) is 0 Å². The molecule has 0 amide bonds. The van der Waals surface area contributed by atoms with E-state index in [0.29, 0.717) is 23.5 Å². The minimum atomic E-state index is 0.455. The van der Waals surface area contributed by atoms with E-state index in [0.717, 1.165) is 25.6 Å². The van der Waals surface area contributed by atoms with Gasteiger partial charge in [0.15, 0.2) is 0 Å². The average Bonchev–Trinajstić information content (AvgIpc) is 3.23. The summed E-state index contributed by atoms with van der Waals surface area (Å²) in [7, 11) is 2.12. The topological polar surface area (TPSA) is 50.3 Å². The Morgan fingerprint density at radius 1 is 1.53 bits per heavy atom. The fourth-order valence-electron chi connectivity index (χ4n) is 1.76. The number of nitrogens with one attached hydrogen (secondary N) is 1. The molecule has 19 heavy (non-hydrogen) atoms. The van der Waals surface area contributed by atoms with Gasteiger partial charge in [-0.3, -0.25) is 0 Å². The first-order valence-electron chi connectivity index (χ1n) is 6.80. The third-order valence-electron chi connectivity index (χ3n) is 3.10. The highest BCUT2D eigenvalue weighted by molar-refractivity contribution is 6.31. The maximum atomic E-state index is 6.03. The van der Waals surface area contributed by atoms with Crippen LogP contribution >= 0.6 is 11.6 Å². The molecule has 1 aromatic rings. The van der Waals surface area contributed by atoms with Crippen LogP contribution in [0.5, 0.6) is 5.88 Å². The summed E-state index contributed by atoms with van der Waals surface area (Å²) >= 11 is 6.03. The summed E-state index contributed by atoms with van der Waals surface area (Å²) in [5.74, 6) is 1.02. The van der Waals surface area contributed by atoms with Crippen LogP contribution in [-0.2, 0) is 0 Å². The van der Waals surface area contributed by atoms with Crippen molar-refractivity contribution in [2.45, 2.75) is 32.2 Å². The van der Waals surface area contributed by atoms with Crippen molar-refractivity contribution < 1.29 is 4.74 Å². The van der Waals surface area contributed by atoms with E-state index < -0.39 is 0 Å². The van der Waals surface area contributed by atoms with Gasteiger partial charge < -0.3 is 15.0 Å². The highest BCUT2D eigenvalue weighted by Crippen LogP contribution is 2.25. The van der Waals surface area contributed by atoms with E-state index >= 15 is 0 Å². The summed E-state index contributed by atoms with van der Waals surface area (Å²) in [5.41, 5.74) is 0. The van der Waals surface area contributed by atoms with E-state index in [1.807, 2.05) is 0 Å². The third kappa shape index (κ3) is 4.51. The molecule has 1 saturated carbocycles. The highest BCUT2D eigenvalue weighted by Gasteiger charge is 2.25. The van der Waals surface area contributed by atoms with Crippen LogP contribution < -0.4 is 10.1 Å². The monoisotopic (exact) mass is 284 g/mol. The predicted octanol–water partition coefficient (Wildman–Crippen LogP) is 2.42. The largest absolute Gasteiger partial charge is 0.475 e. The fraction of sp³-hybridized carbons (Fsp3) is 0.692. The molecule has 0 radical (unpaired) electrons. The number of halogens is 1. The minimum Gasteiger partial charge on any atom is -0.475 e. The first kappa shape index (κ1) is 14.3. The molecule has 1 heterocycles. The van der Waals surface area contributed by atoms with Gasteiger partial charge in [0.2, 0.25) is 11.8 Å². The first-order chi connectivity index (χ1) is 9.20. The van der Waals surface area contributed by atoms with Crippen LogP contribution in [0.1, 0.15) is 26.2 Å². The molecule has 1 N–H and O–H groups in total. The van der Waals surface area contributed by atoms with Gasteiger partial charge in [-0.15, -0.1) is 0 Å². The lowest BCUT2D eigenvalue weighted by Crippen LogP contribution is -2.26. The molecule has 6 heteroatoms. The van der Waals surface area contributed by atoms with E-state index in [-0.39, 0.29) is 0 Å². The molecule has 106 valence electrons. The van der Waals surface area contributed by atoms with E-state index in [1.54, 1.807) is 6.20 Å². The van der Waals surface area contributed by atoms with Crippen molar-refractivity contribution in [3.63, 3.8) is 0 Å². The van der Waals surface area contributed by atoms with E-state index in [2.05, 4.69) is 34.2 Å². The number of aromatic nitrogens is 2. The second-order valence-corrected chi connectivity index (χ2v) is 5.24. The molecule has 1 fully saturated rings. The Morgan fingerprint density at radius 3 is 3.00 bits per heavy atom. The summed E-state index contributed by atoms with van der Waals surface area (Å²) in [4.78, 5) is 10.7. The first-order valence-corrected chi connectivity index (χ1v) is 7.18. The van der Waals surface area contributed by atoms with E-state index in [4.69, 9.17) is 16.3 Å². The Morgan fingerprint density at radius 2 is 2.32 bits per heavy atom. The molecule has 2 rings (SSSR count). The minimum absolute atomic E-state index is 0.455. The van der Waals surface area contributed by atoms with Gasteiger partial charge in [0.1, 0.15) is 11.6 Å². The molecule has 0 spiro atoms. The molecule has 0 bridgehead atoms. The summed E-state index contributed by atoms with van der Waals surface area (Å²) in [6.07, 6.45) is 5.20. The second kappa shape index (κ2) is 6.91. The Balaban J connectivity index is 1.83. The van der Waals surface area contributed by atoms with Crippen molar-refractivity contribution in [2.24, 2.45) is 0 Å². The molecular formula is C13H21ClN4O. The van der Waals surface area contributed by atoms with Crippen molar-refractivity contribution in [3.05, 3.63) is 11.2 Å². The van der Waals surface area contributed by atoms with Gasteiger partial charge in [0.05, 0.1) is 6.20 Å². The Kier molecular flexibility index (Phi) is 5.22. The van der Waals surface area contributed by atoms with Crippen LogP contribution in [0.2, 0.25) is 5.02 Å². The Bertz CT molecular complexity index is 412. The number of anilines is 1. The maximum absolute atomic E-state index is 6.03.